The van der Waals surface area contributed by atoms with Crippen LogP contribution in [0.2, 0.25) is 0 Å². The van der Waals surface area contributed by atoms with Crippen LogP contribution in [0.25, 0.3) is 5.69 Å². The topological polar surface area (TPSA) is 108 Å². The Labute approximate surface area is 160 Å². The molecule has 4 rings (SSSR count). The first kappa shape index (κ1) is 17.3. The lowest BCUT2D eigenvalue weighted by Crippen LogP contribution is -2.13. The Hall–Kier alpha value is -4.14. The van der Waals surface area contributed by atoms with Gasteiger partial charge >= 0.3 is 6.01 Å². The summed E-state index contributed by atoms with van der Waals surface area (Å²) in [7, 11) is 0. The maximum absolute atomic E-state index is 12.6. The summed E-state index contributed by atoms with van der Waals surface area (Å²) in [5.41, 5.74) is 2.71. The van der Waals surface area contributed by atoms with Crippen molar-refractivity contribution >= 4 is 11.6 Å². The molecular formula is C19H15N7O2. The maximum Gasteiger partial charge on any atom is 0.321 e. The van der Waals surface area contributed by atoms with Crippen LogP contribution >= 0.6 is 0 Å². The molecule has 0 atom stereocenters. The Kier molecular flexibility index (Phi) is 4.70. The van der Waals surface area contributed by atoms with Gasteiger partial charge in [-0.2, -0.15) is 0 Å². The minimum absolute atomic E-state index is 0.238. The molecule has 0 aliphatic heterocycles. The molecule has 0 spiro atoms. The third-order valence-corrected chi connectivity index (χ3v) is 3.92. The number of carbonyl (C=O) groups is 1. The number of nitrogens with zero attached hydrogens (tertiary/aromatic N) is 6. The Morgan fingerprint density at radius 3 is 2.68 bits per heavy atom. The van der Waals surface area contributed by atoms with Gasteiger partial charge in [-0.15, -0.1) is 5.10 Å². The van der Waals surface area contributed by atoms with Crippen LogP contribution in [0.3, 0.4) is 0 Å². The smallest absolute Gasteiger partial charge is 0.321 e. The van der Waals surface area contributed by atoms with Gasteiger partial charge in [-0.3, -0.25) is 4.79 Å². The molecule has 0 unspecified atom stereocenters. The van der Waals surface area contributed by atoms with Crippen LogP contribution in [0, 0.1) is 6.92 Å². The van der Waals surface area contributed by atoms with Crippen molar-refractivity contribution in [3.05, 3.63) is 78.4 Å². The average molecular weight is 373 g/mol. The Morgan fingerprint density at radius 2 is 1.93 bits per heavy atom. The number of nitrogens with one attached hydrogen (secondary N) is 1. The molecule has 2 aromatic heterocycles. The molecule has 0 radical (unpaired) electrons. The first-order valence-electron chi connectivity index (χ1n) is 8.39. The molecule has 0 saturated heterocycles. The summed E-state index contributed by atoms with van der Waals surface area (Å²) >= 11 is 0. The van der Waals surface area contributed by atoms with Crippen LogP contribution in [0.15, 0.2) is 67.3 Å². The molecule has 138 valence electrons. The fraction of sp³-hybridized carbons (Fsp3) is 0.0526. The van der Waals surface area contributed by atoms with Crippen LogP contribution in [0.1, 0.15) is 15.9 Å². The molecule has 9 heteroatoms. The van der Waals surface area contributed by atoms with E-state index in [1.54, 1.807) is 48.8 Å². The Balaban J connectivity index is 1.50. The predicted octanol–water partition coefficient (Wildman–Crippen LogP) is 2.81. The molecule has 2 heterocycles. The van der Waals surface area contributed by atoms with Crippen molar-refractivity contribution in [2.45, 2.75) is 6.92 Å². The van der Waals surface area contributed by atoms with Gasteiger partial charge in [0.05, 0.1) is 5.69 Å². The molecule has 2 aromatic carbocycles. The van der Waals surface area contributed by atoms with Crippen LogP contribution in [-0.4, -0.2) is 36.1 Å². The molecule has 0 aliphatic carbocycles. The fourth-order valence-corrected chi connectivity index (χ4v) is 2.55. The second-order valence-corrected chi connectivity index (χ2v) is 5.87. The van der Waals surface area contributed by atoms with E-state index in [9.17, 15) is 4.79 Å². The third kappa shape index (κ3) is 3.83. The van der Waals surface area contributed by atoms with Crippen LogP contribution < -0.4 is 10.1 Å². The summed E-state index contributed by atoms with van der Waals surface area (Å²) < 4.78 is 7.09. The summed E-state index contributed by atoms with van der Waals surface area (Å²) in [5.74, 6) is 0.348. The van der Waals surface area contributed by atoms with Gasteiger partial charge in [-0.1, -0.05) is 6.07 Å². The lowest BCUT2D eigenvalue weighted by atomic mass is 10.1. The van der Waals surface area contributed by atoms with E-state index in [2.05, 4.69) is 30.8 Å². The lowest BCUT2D eigenvalue weighted by Gasteiger charge is -2.11. The number of hydrogen-bond acceptors (Lipinski definition) is 7. The summed E-state index contributed by atoms with van der Waals surface area (Å²) in [6.45, 7) is 1.88. The van der Waals surface area contributed by atoms with Gasteiger partial charge in [-0.25, -0.2) is 14.6 Å². The number of amides is 1. The van der Waals surface area contributed by atoms with E-state index in [0.717, 1.165) is 5.56 Å². The maximum atomic E-state index is 12.6. The second-order valence-electron chi connectivity index (χ2n) is 5.87. The SMILES string of the molecule is Cc1cc(Oc2ncccn2)ccc1NC(=O)c1cccc(-n2cnnn2)c1. The molecular weight excluding hydrogens is 358 g/mol. The first-order chi connectivity index (χ1) is 13.7. The minimum atomic E-state index is -0.238. The first-order valence-corrected chi connectivity index (χ1v) is 8.39. The number of anilines is 1. The number of carbonyl (C=O) groups excluding carboxylic acids is 1. The molecule has 4 aromatic rings. The number of aryl methyl sites for hydroxylation is 1. The average Bonchev–Trinajstić information content (AvgIpc) is 3.26. The van der Waals surface area contributed by atoms with Crippen molar-refractivity contribution < 1.29 is 9.53 Å². The minimum Gasteiger partial charge on any atom is -0.424 e. The molecule has 0 saturated carbocycles. The van der Waals surface area contributed by atoms with E-state index in [-0.39, 0.29) is 11.9 Å². The number of tetrazole rings is 1. The van der Waals surface area contributed by atoms with E-state index in [4.69, 9.17) is 4.74 Å². The van der Waals surface area contributed by atoms with Crippen molar-refractivity contribution in [2.75, 3.05) is 5.32 Å². The zero-order valence-electron chi connectivity index (χ0n) is 14.9. The van der Waals surface area contributed by atoms with Gasteiger partial charge in [0.1, 0.15) is 12.1 Å². The number of rotatable bonds is 5. The van der Waals surface area contributed by atoms with Crippen molar-refractivity contribution in [3.8, 4) is 17.4 Å². The van der Waals surface area contributed by atoms with Crippen molar-refractivity contribution in [3.63, 3.8) is 0 Å². The van der Waals surface area contributed by atoms with Gasteiger partial charge in [-0.05, 0) is 65.4 Å². The molecule has 0 fully saturated rings. The highest BCUT2D eigenvalue weighted by Gasteiger charge is 2.10. The van der Waals surface area contributed by atoms with Crippen LogP contribution in [0.5, 0.6) is 11.8 Å². The number of ether oxygens (including phenoxy) is 1. The highest BCUT2D eigenvalue weighted by molar-refractivity contribution is 6.05. The van der Waals surface area contributed by atoms with E-state index >= 15 is 0 Å². The van der Waals surface area contributed by atoms with Gasteiger partial charge in [0.15, 0.2) is 0 Å². The fourth-order valence-electron chi connectivity index (χ4n) is 2.55. The van der Waals surface area contributed by atoms with Crippen molar-refractivity contribution in [1.29, 1.82) is 0 Å². The molecule has 0 aliphatic rings. The number of aromatic nitrogens is 6. The summed E-state index contributed by atoms with van der Waals surface area (Å²) in [4.78, 5) is 20.7. The molecule has 9 nitrogen and oxygen atoms in total. The molecule has 28 heavy (non-hydrogen) atoms. The van der Waals surface area contributed by atoms with E-state index in [1.165, 1.54) is 11.0 Å². The van der Waals surface area contributed by atoms with Crippen molar-refractivity contribution in [2.24, 2.45) is 0 Å². The van der Waals surface area contributed by atoms with E-state index < -0.39 is 0 Å². The molecule has 0 bridgehead atoms. The summed E-state index contributed by atoms with van der Waals surface area (Å²) in [5, 5.41) is 13.9. The van der Waals surface area contributed by atoms with Gasteiger partial charge < -0.3 is 10.1 Å². The third-order valence-electron chi connectivity index (χ3n) is 3.92. The Morgan fingerprint density at radius 1 is 1.07 bits per heavy atom. The standard InChI is InChI=1S/C19H15N7O2/c1-13-10-16(28-19-20-8-3-9-21-19)6-7-17(13)23-18(27)14-4-2-5-15(11-14)26-12-22-24-25-26/h2-12H,1H3,(H,23,27). The monoisotopic (exact) mass is 373 g/mol. The molecule has 1 amide bonds. The lowest BCUT2D eigenvalue weighted by molar-refractivity contribution is 0.102. The van der Waals surface area contributed by atoms with E-state index in [0.29, 0.717) is 22.7 Å². The van der Waals surface area contributed by atoms with Gasteiger partial charge in [0, 0.05) is 23.6 Å². The normalized spacial score (nSPS) is 10.5. The highest BCUT2D eigenvalue weighted by atomic mass is 16.5. The predicted molar refractivity (Wildman–Crippen MR) is 100 cm³/mol. The number of hydrogen-bond donors (Lipinski definition) is 1. The Bertz CT molecular complexity index is 1100. The van der Waals surface area contributed by atoms with Crippen molar-refractivity contribution in [1.82, 2.24) is 30.2 Å². The van der Waals surface area contributed by atoms with Gasteiger partial charge in [0.25, 0.3) is 5.91 Å². The number of benzene rings is 2. The largest absolute Gasteiger partial charge is 0.424 e. The zero-order valence-corrected chi connectivity index (χ0v) is 14.9. The quantitative estimate of drug-likeness (QED) is 0.573. The highest BCUT2D eigenvalue weighted by Crippen LogP contribution is 2.24. The molecule has 1 N–H and O–H groups in total. The van der Waals surface area contributed by atoms with E-state index in [1.807, 2.05) is 19.1 Å². The van der Waals surface area contributed by atoms with Crippen LogP contribution in [-0.2, 0) is 0 Å². The van der Waals surface area contributed by atoms with Gasteiger partial charge in [0.2, 0.25) is 0 Å². The summed E-state index contributed by atoms with van der Waals surface area (Å²) in [6, 6.07) is 14.3. The zero-order chi connectivity index (χ0) is 19.3. The van der Waals surface area contributed by atoms with Crippen LogP contribution in [0.4, 0.5) is 5.69 Å². The second kappa shape index (κ2) is 7.62. The summed E-state index contributed by atoms with van der Waals surface area (Å²) in [6.07, 6.45) is 4.68.